The van der Waals surface area contributed by atoms with Gasteiger partial charge in [-0.2, -0.15) is 0 Å². The van der Waals surface area contributed by atoms with Crippen molar-refractivity contribution in [3.8, 4) is 11.5 Å². The van der Waals surface area contributed by atoms with Gasteiger partial charge >= 0.3 is 0 Å². The lowest BCUT2D eigenvalue weighted by atomic mass is 10.5. The normalized spacial score (nSPS) is 19.9. The number of rotatable bonds is 5. The van der Waals surface area contributed by atoms with Crippen LogP contribution in [0.4, 0.5) is 0 Å². The van der Waals surface area contributed by atoms with Gasteiger partial charge in [0.1, 0.15) is 12.7 Å². The van der Waals surface area contributed by atoms with Gasteiger partial charge in [0.25, 0.3) is 0 Å². The summed E-state index contributed by atoms with van der Waals surface area (Å²) in [6.07, 6.45) is 0.300. The quantitative estimate of drug-likeness (QED) is 0.680. The van der Waals surface area contributed by atoms with E-state index < -0.39 is 0 Å². The number of hydrogen-bond acceptors (Lipinski definition) is 4. The van der Waals surface area contributed by atoms with Gasteiger partial charge in [-0.3, -0.25) is 0 Å². The molecule has 1 aromatic heterocycles. The Balaban J connectivity index is 1.88. The summed E-state index contributed by atoms with van der Waals surface area (Å²) in [6, 6.07) is 0. The lowest BCUT2D eigenvalue weighted by Crippen LogP contribution is -2.04. The summed E-state index contributed by atoms with van der Waals surface area (Å²) in [5.74, 6) is 1.68. The molecule has 1 saturated heterocycles. The summed E-state index contributed by atoms with van der Waals surface area (Å²) < 4.78 is 15.9. The van der Waals surface area contributed by atoms with Crippen LogP contribution in [0.2, 0.25) is 0 Å². The van der Waals surface area contributed by atoms with Gasteiger partial charge in [0, 0.05) is 10.8 Å². The molecule has 3 nitrogen and oxygen atoms in total. The third-order valence-electron chi connectivity index (χ3n) is 1.72. The Morgan fingerprint density at radius 1 is 1.46 bits per heavy atom. The van der Waals surface area contributed by atoms with Crippen LogP contribution in [0, 0.1) is 0 Å². The molecule has 0 radical (unpaired) electrons. The van der Waals surface area contributed by atoms with Crippen LogP contribution in [-0.4, -0.2) is 25.9 Å². The molecule has 0 amide bonds. The average molecular weight is 200 g/mol. The van der Waals surface area contributed by atoms with Gasteiger partial charge in [-0.05, 0) is 6.92 Å². The van der Waals surface area contributed by atoms with Gasteiger partial charge in [-0.15, -0.1) is 11.3 Å². The molecule has 4 heteroatoms. The molecular formula is C9H12O3S. The summed E-state index contributed by atoms with van der Waals surface area (Å²) in [4.78, 5) is 0. The van der Waals surface area contributed by atoms with Crippen molar-refractivity contribution in [3.63, 3.8) is 0 Å². The van der Waals surface area contributed by atoms with E-state index in [0.717, 1.165) is 18.1 Å². The highest BCUT2D eigenvalue weighted by Gasteiger charge is 2.23. The number of hydrogen-bond donors (Lipinski definition) is 0. The zero-order chi connectivity index (χ0) is 9.10. The zero-order valence-electron chi connectivity index (χ0n) is 7.49. The molecule has 0 spiro atoms. The highest BCUT2D eigenvalue weighted by atomic mass is 32.1. The molecule has 1 atom stereocenters. The van der Waals surface area contributed by atoms with Crippen LogP contribution < -0.4 is 9.47 Å². The van der Waals surface area contributed by atoms with Crippen molar-refractivity contribution in [3.05, 3.63) is 10.8 Å². The van der Waals surface area contributed by atoms with Gasteiger partial charge in [0.05, 0.1) is 13.2 Å². The Morgan fingerprint density at radius 3 is 2.77 bits per heavy atom. The molecule has 1 aromatic rings. The van der Waals surface area contributed by atoms with Crippen LogP contribution in [0.5, 0.6) is 11.5 Å². The summed E-state index contributed by atoms with van der Waals surface area (Å²) in [6.45, 7) is 4.10. The minimum Gasteiger partial charge on any atom is -0.489 e. The van der Waals surface area contributed by atoms with Crippen molar-refractivity contribution in [2.45, 2.75) is 13.0 Å². The molecule has 1 unspecified atom stereocenters. The Kier molecular flexibility index (Phi) is 2.71. The van der Waals surface area contributed by atoms with Gasteiger partial charge in [-0.1, -0.05) is 0 Å². The second kappa shape index (κ2) is 3.98. The summed E-state index contributed by atoms with van der Waals surface area (Å²) >= 11 is 1.59. The van der Waals surface area contributed by atoms with Gasteiger partial charge < -0.3 is 14.2 Å². The molecule has 0 aromatic carbocycles. The minimum absolute atomic E-state index is 0.300. The third kappa shape index (κ3) is 2.35. The molecule has 1 aliphatic rings. The van der Waals surface area contributed by atoms with Crippen molar-refractivity contribution in [2.24, 2.45) is 0 Å². The van der Waals surface area contributed by atoms with Gasteiger partial charge in [-0.25, -0.2) is 0 Å². The molecule has 1 fully saturated rings. The van der Waals surface area contributed by atoms with Crippen LogP contribution in [-0.2, 0) is 4.74 Å². The fourth-order valence-electron chi connectivity index (χ4n) is 0.987. The predicted molar refractivity (Wildman–Crippen MR) is 50.7 cm³/mol. The van der Waals surface area contributed by atoms with Crippen molar-refractivity contribution in [1.82, 2.24) is 0 Å². The van der Waals surface area contributed by atoms with E-state index in [1.165, 1.54) is 0 Å². The molecule has 2 rings (SSSR count). The van der Waals surface area contributed by atoms with E-state index in [-0.39, 0.29) is 0 Å². The topological polar surface area (TPSA) is 31.0 Å². The summed E-state index contributed by atoms with van der Waals surface area (Å²) in [7, 11) is 0. The van der Waals surface area contributed by atoms with Crippen molar-refractivity contribution in [2.75, 3.05) is 19.8 Å². The van der Waals surface area contributed by atoms with E-state index in [1.807, 2.05) is 17.7 Å². The predicted octanol–water partition coefficient (Wildman–Crippen LogP) is 1.92. The van der Waals surface area contributed by atoms with E-state index in [2.05, 4.69) is 0 Å². The number of thiophene rings is 1. The lowest BCUT2D eigenvalue weighted by Gasteiger charge is -2.05. The molecule has 0 bridgehead atoms. The Hall–Kier alpha value is -0.740. The second-order valence-electron chi connectivity index (χ2n) is 2.80. The van der Waals surface area contributed by atoms with Crippen molar-refractivity contribution >= 4 is 11.3 Å². The summed E-state index contributed by atoms with van der Waals surface area (Å²) in [5, 5.41) is 3.90. The first kappa shape index (κ1) is 8.84. The second-order valence-corrected chi connectivity index (χ2v) is 3.54. The smallest absolute Gasteiger partial charge is 0.172 e. The van der Waals surface area contributed by atoms with E-state index >= 15 is 0 Å². The molecule has 1 aliphatic heterocycles. The molecule has 72 valence electrons. The SMILES string of the molecule is CCOc1cscc1OCC1CO1. The maximum absolute atomic E-state index is 5.51. The number of ether oxygens (including phenoxy) is 3. The Labute approximate surface area is 81.2 Å². The minimum atomic E-state index is 0.300. The van der Waals surface area contributed by atoms with Crippen LogP contribution in [0.1, 0.15) is 6.92 Å². The largest absolute Gasteiger partial charge is 0.489 e. The molecule has 0 aliphatic carbocycles. The molecule has 13 heavy (non-hydrogen) atoms. The fraction of sp³-hybridized carbons (Fsp3) is 0.556. The van der Waals surface area contributed by atoms with Crippen molar-refractivity contribution < 1.29 is 14.2 Å². The van der Waals surface area contributed by atoms with Gasteiger partial charge in [0.15, 0.2) is 11.5 Å². The van der Waals surface area contributed by atoms with E-state index in [1.54, 1.807) is 11.3 Å². The number of epoxide rings is 1. The van der Waals surface area contributed by atoms with Crippen LogP contribution >= 0.6 is 11.3 Å². The molecule has 2 heterocycles. The highest BCUT2D eigenvalue weighted by Crippen LogP contribution is 2.32. The van der Waals surface area contributed by atoms with Crippen LogP contribution in [0.25, 0.3) is 0 Å². The van der Waals surface area contributed by atoms with Gasteiger partial charge in [0.2, 0.25) is 0 Å². The lowest BCUT2D eigenvalue weighted by molar-refractivity contribution is 0.246. The maximum atomic E-state index is 5.51. The van der Waals surface area contributed by atoms with Crippen molar-refractivity contribution in [1.29, 1.82) is 0 Å². The maximum Gasteiger partial charge on any atom is 0.172 e. The average Bonchev–Trinajstić information content (AvgIpc) is 2.86. The van der Waals surface area contributed by atoms with Crippen LogP contribution in [0.15, 0.2) is 10.8 Å². The molecule has 0 saturated carbocycles. The molecule has 0 N–H and O–H groups in total. The third-order valence-corrected chi connectivity index (χ3v) is 2.42. The molecular weight excluding hydrogens is 188 g/mol. The van der Waals surface area contributed by atoms with Crippen LogP contribution in [0.3, 0.4) is 0 Å². The van der Waals surface area contributed by atoms with E-state index in [9.17, 15) is 0 Å². The Bertz CT molecular complexity index is 268. The van der Waals surface area contributed by atoms with E-state index in [0.29, 0.717) is 19.3 Å². The monoisotopic (exact) mass is 200 g/mol. The Morgan fingerprint density at radius 2 is 2.15 bits per heavy atom. The standard InChI is InChI=1S/C9H12O3S/c1-2-10-8-5-13-6-9(8)12-4-7-3-11-7/h5-7H,2-4H2,1H3. The summed E-state index contributed by atoms with van der Waals surface area (Å²) in [5.41, 5.74) is 0. The zero-order valence-corrected chi connectivity index (χ0v) is 8.30. The van der Waals surface area contributed by atoms with E-state index in [4.69, 9.17) is 14.2 Å². The fourth-order valence-corrected chi connectivity index (χ4v) is 1.67. The first-order valence-corrected chi connectivity index (χ1v) is 5.28. The first-order valence-electron chi connectivity index (χ1n) is 4.33. The first-order chi connectivity index (χ1) is 6.40. The highest BCUT2D eigenvalue weighted by molar-refractivity contribution is 7.08.